The highest BCUT2D eigenvalue weighted by Gasteiger charge is 2.37. The van der Waals surface area contributed by atoms with E-state index < -0.39 is 5.41 Å². The summed E-state index contributed by atoms with van der Waals surface area (Å²) in [4.78, 5) is 12.9. The lowest BCUT2D eigenvalue weighted by Crippen LogP contribution is -2.31. The lowest BCUT2D eigenvalue weighted by molar-refractivity contribution is 0.345. The second-order valence-electron chi connectivity index (χ2n) is 8.26. The van der Waals surface area contributed by atoms with Gasteiger partial charge in [0, 0.05) is 23.5 Å². The van der Waals surface area contributed by atoms with Crippen molar-refractivity contribution in [1.82, 2.24) is 20.1 Å². The zero-order valence-electron chi connectivity index (χ0n) is 18.8. The maximum absolute atomic E-state index is 5.61. The fourth-order valence-electron chi connectivity index (χ4n) is 3.25. The monoisotopic (exact) mass is 431 g/mol. The Hall–Kier alpha value is -3.54. The van der Waals surface area contributed by atoms with Gasteiger partial charge >= 0.3 is 0 Å². The molecule has 6 heteroatoms. The molecule has 1 unspecified atom stereocenters. The van der Waals surface area contributed by atoms with Crippen molar-refractivity contribution in [1.29, 1.82) is 0 Å². The first-order valence-corrected chi connectivity index (χ1v) is 10.3. The molecule has 3 rings (SSSR count). The van der Waals surface area contributed by atoms with Gasteiger partial charge in [0.05, 0.1) is 5.41 Å². The second kappa shape index (κ2) is 10.2. The van der Waals surface area contributed by atoms with Crippen molar-refractivity contribution in [2.24, 2.45) is 5.92 Å². The first-order chi connectivity index (χ1) is 14.8. The van der Waals surface area contributed by atoms with Gasteiger partial charge in [-0.3, -0.25) is 0 Å². The van der Waals surface area contributed by atoms with Crippen molar-refractivity contribution in [2.45, 2.75) is 47.5 Å². The van der Waals surface area contributed by atoms with Gasteiger partial charge < -0.3 is 10.3 Å². The van der Waals surface area contributed by atoms with Crippen molar-refractivity contribution < 1.29 is 4.52 Å². The van der Waals surface area contributed by atoms with Crippen LogP contribution < -0.4 is 5.73 Å². The highest BCUT2D eigenvalue weighted by Crippen LogP contribution is 2.38. The van der Waals surface area contributed by atoms with Crippen molar-refractivity contribution in [2.75, 3.05) is 5.73 Å². The van der Waals surface area contributed by atoms with E-state index in [4.69, 9.17) is 15.2 Å². The molecule has 0 saturated heterocycles. The molecule has 32 heavy (non-hydrogen) atoms. The standard InChI is InChI=1S/C25H29N5O.CH4/c1-7-18(9-8-16(2)3)22-29-23(30-31-22)25(6,17(4)5)21-12-10-19(11-13-21)20-14-27-24(26)28-15-20;/h7-15,17H,1H2,2-6H3,(H2,26,27,28);1H4/b18-9+;. The number of nitrogens with two attached hydrogens (primary N) is 1. The summed E-state index contributed by atoms with van der Waals surface area (Å²) in [6, 6.07) is 8.29. The predicted octanol–water partition coefficient (Wildman–Crippen LogP) is 6.24. The van der Waals surface area contributed by atoms with Gasteiger partial charge in [-0.15, -0.1) is 0 Å². The number of nitrogens with zero attached hydrogens (tertiary/aromatic N) is 4. The van der Waals surface area contributed by atoms with Crippen molar-refractivity contribution in [3.05, 3.63) is 84.3 Å². The Morgan fingerprint density at radius 2 is 1.69 bits per heavy atom. The molecule has 0 amide bonds. The molecule has 0 fully saturated rings. The summed E-state index contributed by atoms with van der Waals surface area (Å²) in [5.74, 6) is 1.60. The van der Waals surface area contributed by atoms with E-state index in [0.717, 1.165) is 22.3 Å². The third-order valence-electron chi connectivity index (χ3n) is 5.60. The van der Waals surface area contributed by atoms with Crippen LogP contribution in [0.5, 0.6) is 0 Å². The molecule has 168 valence electrons. The lowest BCUT2D eigenvalue weighted by atomic mass is 9.72. The zero-order chi connectivity index (χ0) is 22.6. The summed E-state index contributed by atoms with van der Waals surface area (Å²) in [5, 5.41) is 4.34. The average molecular weight is 432 g/mol. The normalized spacial score (nSPS) is 13.2. The number of rotatable bonds is 7. The minimum atomic E-state index is -0.430. The molecule has 2 N–H and O–H groups in total. The first kappa shape index (κ1) is 24.7. The highest BCUT2D eigenvalue weighted by atomic mass is 16.5. The number of hydrogen-bond donors (Lipinski definition) is 1. The van der Waals surface area contributed by atoms with Gasteiger partial charge in [-0.05, 0) is 43.9 Å². The molecule has 0 spiro atoms. The van der Waals surface area contributed by atoms with Crippen LogP contribution in [-0.2, 0) is 5.41 Å². The van der Waals surface area contributed by atoms with Gasteiger partial charge in [0.15, 0.2) is 5.82 Å². The van der Waals surface area contributed by atoms with Gasteiger partial charge in [-0.1, -0.05) is 75.0 Å². The topological polar surface area (TPSA) is 90.7 Å². The molecule has 2 heterocycles. The minimum Gasteiger partial charge on any atom is -0.368 e. The van der Waals surface area contributed by atoms with Crippen LogP contribution in [0.15, 0.2) is 71.6 Å². The molecule has 2 aromatic heterocycles. The molecule has 0 saturated carbocycles. The number of aromatic nitrogens is 4. The van der Waals surface area contributed by atoms with E-state index in [2.05, 4.69) is 66.7 Å². The molecule has 0 bridgehead atoms. The Bertz CT molecular complexity index is 1100. The van der Waals surface area contributed by atoms with Crippen LogP contribution in [0.25, 0.3) is 16.7 Å². The third kappa shape index (κ3) is 5.02. The largest absolute Gasteiger partial charge is 0.368 e. The first-order valence-electron chi connectivity index (χ1n) is 10.3. The van der Waals surface area contributed by atoms with Crippen LogP contribution in [0.4, 0.5) is 5.95 Å². The summed E-state index contributed by atoms with van der Waals surface area (Å²) < 4.78 is 5.61. The van der Waals surface area contributed by atoms with Crippen molar-refractivity contribution >= 4 is 11.5 Å². The van der Waals surface area contributed by atoms with Crippen LogP contribution >= 0.6 is 0 Å². The van der Waals surface area contributed by atoms with Gasteiger partial charge in [0.2, 0.25) is 5.95 Å². The Morgan fingerprint density at radius 3 is 2.22 bits per heavy atom. The molecule has 0 aliphatic heterocycles. The van der Waals surface area contributed by atoms with Gasteiger partial charge in [0.1, 0.15) is 0 Å². The maximum Gasteiger partial charge on any atom is 0.257 e. The maximum atomic E-state index is 5.61. The van der Waals surface area contributed by atoms with E-state index in [0.29, 0.717) is 11.7 Å². The molecular weight excluding hydrogens is 398 g/mol. The minimum absolute atomic E-state index is 0. The summed E-state index contributed by atoms with van der Waals surface area (Å²) in [7, 11) is 0. The van der Waals surface area contributed by atoms with Crippen molar-refractivity contribution in [3.8, 4) is 11.1 Å². The Balaban J connectivity index is 0.00000363. The summed E-state index contributed by atoms with van der Waals surface area (Å²) in [5.41, 5.74) is 10.2. The van der Waals surface area contributed by atoms with E-state index in [9.17, 15) is 0 Å². The van der Waals surface area contributed by atoms with E-state index in [1.807, 2.05) is 26.0 Å². The molecule has 1 aromatic carbocycles. The van der Waals surface area contributed by atoms with E-state index >= 15 is 0 Å². The molecule has 1 atom stereocenters. The van der Waals surface area contributed by atoms with E-state index in [-0.39, 0.29) is 19.3 Å². The Kier molecular flexibility index (Phi) is 7.87. The number of nitrogen functional groups attached to an aromatic ring is 1. The number of anilines is 1. The third-order valence-corrected chi connectivity index (χ3v) is 5.60. The second-order valence-corrected chi connectivity index (χ2v) is 8.26. The van der Waals surface area contributed by atoms with Crippen LogP contribution in [0.2, 0.25) is 0 Å². The summed E-state index contributed by atoms with van der Waals surface area (Å²) >= 11 is 0. The Labute approximate surface area is 191 Å². The molecule has 6 nitrogen and oxygen atoms in total. The molecule has 0 aliphatic carbocycles. The van der Waals surface area contributed by atoms with Crippen molar-refractivity contribution in [3.63, 3.8) is 0 Å². The average Bonchev–Trinajstić information content (AvgIpc) is 3.24. The van der Waals surface area contributed by atoms with Crippen LogP contribution in [0.3, 0.4) is 0 Å². The van der Waals surface area contributed by atoms with Crippen LogP contribution in [-0.4, -0.2) is 20.1 Å². The summed E-state index contributed by atoms with van der Waals surface area (Å²) in [6.07, 6.45) is 9.12. The quantitative estimate of drug-likeness (QED) is 0.445. The Morgan fingerprint density at radius 1 is 1.06 bits per heavy atom. The summed E-state index contributed by atoms with van der Waals surface area (Å²) in [6.45, 7) is 14.4. The predicted molar refractivity (Wildman–Crippen MR) is 132 cm³/mol. The number of hydrogen-bond acceptors (Lipinski definition) is 6. The molecule has 0 radical (unpaired) electrons. The number of allylic oxidation sites excluding steroid dienone is 5. The fraction of sp³-hybridized carbons (Fsp3) is 0.308. The van der Waals surface area contributed by atoms with Gasteiger partial charge in [-0.2, -0.15) is 4.98 Å². The van der Waals surface area contributed by atoms with Crippen LogP contribution in [0, 0.1) is 5.92 Å². The fourth-order valence-corrected chi connectivity index (χ4v) is 3.25. The van der Waals surface area contributed by atoms with Gasteiger partial charge in [0.25, 0.3) is 5.89 Å². The lowest BCUT2D eigenvalue weighted by Gasteiger charge is -2.31. The molecule has 0 aliphatic rings. The van der Waals surface area contributed by atoms with E-state index in [1.165, 1.54) is 5.57 Å². The van der Waals surface area contributed by atoms with Gasteiger partial charge in [-0.25, -0.2) is 9.97 Å². The SMILES string of the molecule is C.C=C/C(=C\C=C(C)C)c1nc(C(C)(c2ccc(-c3cnc(N)nc3)cc2)C(C)C)no1. The molecular formula is C26H33N5O. The smallest absolute Gasteiger partial charge is 0.257 e. The van der Waals surface area contributed by atoms with Crippen LogP contribution in [0.1, 0.15) is 59.3 Å². The zero-order valence-corrected chi connectivity index (χ0v) is 18.8. The molecule has 3 aromatic rings. The highest BCUT2D eigenvalue weighted by molar-refractivity contribution is 5.69. The number of benzene rings is 1. The van der Waals surface area contributed by atoms with E-state index in [1.54, 1.807) is 18.5 Å².